The Morgan fingerprint density at radius 2 is 1.94 bits per heavy atom. The second-order valence-electron chi connectivity index (χ2n) is 9.44. The van der Waals surface area contributed by atoms with Gasteiger partial charge in [-0.15, -0.1) is 11.3 Å². The standard InChI is InChI=1S/C25H26F3N5OS/c1-2-21(34)31-18-5-3-17(4-6-18)13-32-9-7-24(14-32)8-10-33(15-24)22-20-11-19(12-25(26,27)28)35-23(20)30-16-29-22/h2-6,11,16H,1,7-10,12-15H2,(H,31,34). The molecule has 35 heavy (non-hydrogen) atoms. The van der Waals surface area contributed by atoms with E-state index in [2.05, 4.69) is 31.7 Å². The smallest absolute Gasteiger partial charge is 0.355 e. The van der Waals surface area contributed by atoms with E-state index in [4.69, 9.17) is 0 Å². The fourth-order valence-corrected chi connectivity index (χ4v) is 6.21. The van der Waals surface area contributed by atoms with E-state index in [1.54, 1.807) is 6.07 Å². The van der Waals surface area contributed by atoms with Gasteiger partial charge >= 0.3 is 6.18 Å². The average molecular weight is 502 g/mol. The number of hydrogen-bond acceptors (Lipinski definition) is 6. The van der Waals surface area contributed by atoms with Crippen molar-refractivity contribution in [2.24, 2.45) is 5.41 Å². The summed E-state index contributed by atoms with van der Waals surface area (Å²) in [6.07, 6.45) is -0.365. The number of carbonyl (C=O) groups is 1. The Morgan fingerprint density at radius 1 is 1.17 bits per heavy atom. The largest absolute Gasteiger partial charge is 0.393 e. The van der Waals surface area contributed by atoms with Gasteiger partial charge in [0, 0.05) is 42.2 Å². The second-order valence-corrected chi connectivity index (χ2v) is 10.6. The average Bonchev–Trinajstić information content (AvgIpc) is 3.52. The quantitative estimate of drug-likeness (QED) is 0.481. The van der Waals surface area contributed by atoms with Crippen LogP contribution in [0.15, 0.2) is 49.3 Å². The predicted molar refractivity (Wildman–Crippen MR) is 132 cm³/mol. The minimum atomic E-state index is -4.24. The van der Waals surface area contributed by atoms with Crippen LogP contribution in [0.5, 0.6) is 0 Å². The van der Waals surface area contributed by atoms with Crippen LogP contribution in [0.2, 0.25) is 0 Å². The monoisotopic (exact) mass is 501 g/mol. The van der Waals surface area contributed by atoms with Gasteiger partial charge in [0.1, 0.15) is 17.0 Å². The van der Waals surface area contributed by atoms with Crippen molar-refractivity contribution >= 4 is 39.0 Å². The number of fused-ring (bicyclic) bond motifs is 1. The highest BCUT2D eigenvalue weighted by molar-refractivity contribution is 7.18. The minimum absolute atomic E-state index is 0.153. The molecule has 184 valence electrons. The van der Waals surface area contributed by atoms with Crippen LogP contribution in [0.4, 0.5) is 24.7 Å². The van der Waals surface area contributed by atoms with Crippen LogP contribution in [-0.2, 0) is 17.8 Å². The molecule has 0 bridgehead atoms. The van der Waals surface area contributed by atoms with E-state index in [9.17, 15) is 18.0 Å². The lowest BCUT2D eigenvalue weighted by Gasteiger charge is -2.25. The van der Waals surface area contributed by atoms with Crippen LogP contribution in [0.1, 0.15) is 23.3 Å². The van der Waals surface area contributed by atoms with Crippen LogP contribution in [0.3, 0.4) is 0 Å². The number of anilines is 2. The van der Waals surface area contributed by atoms with Crippen molar-refractivity contribution in [1.82, 2.24) is 14.9 Å². The van der Waals surface area contributed by atoms with Gasteiger partial charge in [0.05, 0.1) is 11.8 Å². The first-order valence-electron chi connectivity index (χ1n) is 11.5. The first-order valence-corrected chi connectivity index (χ1v) is 12.3. The topological polar surface area (TPSA) is 61.4 Å². The summed E-state index contributed by atoms with van der Waals surface area (Å²) in [6, 6.07) is 9.45. The summed E-state index contributed by atoms with van der Waals surface area (Å²) in [5, 5.41) is 3.47. The van der Waals surface area contributed by atoms with E-state index in [1.807, 2.05) is 24.3 Å². The molecule has 1 spiro atoms. The maximum Gasteiger partial charge on any atom is 0.393 e. The number of rotatable bonds is 6. The highest BCUT2D eigenvalue weighted by atomic mass is 32.1. The molecule has 1 amide bonds. The number of halogens is 3. The molecule has 2 aromatic heterocycles. The van der Waals surface area contributed by atoms with Crippen LogP contribution in [0, 0.1) is 5.41 Å². The third kappa shape index (κ3) is 5.33. The van der Waals surface area contributed by atoms with Crippen molar-refractivity contribution in [2.75, 3.05) is 36.4 Å². The Kier molecular flexibility index (Phi) is 6.27. The summed E-state index contributed by atoms with van der Waals surface area (Å²) in [5.41, 5.74) is 2.08. The summed E-state index contributed by atoms with van der Waals surface area (Å²) >= 11 is 1.09. The number of benzene rings is 1. The predicted octanol–water partition coefficient (Wildman–Crippen LogP) is 5.02. The van der Waals surface area contributed by atoms with Gasteiger partial charge in [0.15, 0.2) is 0 Å². The first kappa shape index (κ1) is 23.7. The highest BCUT2D eigenvalue weighted by Crippen LogP contribution is 2.43. The van der Waals surface area contributed by atoms with E-state index < -0.39 is 12.6 Å². The van der Waals surface area contributed by atoms with Crippen LogP contribution in [0.25, 0.3) is 10.2 Å². The Bertz CT molecular complexity index is 1240. The van der Waals surface area contributed by atoms with Gasteiger partial charge in [0.25, 0.3) is 0 Å². The first-order chi connectivity index (χ1) is 16.7. The highest BCUT2D eigenvalue weighted by Gasteiger charge is 2.44. The van der Waals surface area contributed by atoms with Crippen LogP contribution in [-0.4, -0.2) is 53.1 Å². The number of alkyl halides is 3. The number of amides is 1. The summed E-state index contributed by atoms with van der Waals surface area (Å²) in [4.78, 5) is 25.7. The van der Waals surface area contributed by atoms with Gasteiger partial charge in [-0.2, -0.15) is 13.2 Å². The summed E-state index contributed by atoms with van der Waals surface area (Å²) in [5.74, 6) is 0.511. The SMILES string of the molecule is C=CC(=O)Nc1ccc(CN2CCC3(CCN(c4ncnc5sc(CC(F)(F)F)cc45)C3)C2)cc1. The maximum atomic E-state index is 12.9. The maximum absolute atomic E-state index is 12.9. The summed E-state index contributed by atoms with van der Waals surface area (Å²) in [7, 11) is 0. The Morgan fingerprint density at radius 3 is 2.69 bits per heavy atom. The van der Waals surface area contributed by atoms with E-state index in [1.165, 1.54) is 18.0 Å². The molecule has 10 heteroatoms. The lowest BCUT2D eigenvalue weighted by atomic mass is 9.86. The molecule has 1 unspecified atom stereocenters. The molecular weight excluding hydrogens is 475 g/mol. The van der Waals surface area contributed by atoms with Crippen LogP contribution >= 0.6 is 11.3 Å². The van der Waals surface area contributed by atoms with Crippen molar-refractivity contribution in [1.29, 1.82) is 0 Å². The van der Waals surface area contributed by atoms with Gasteiger partial charge in [0.2, 0.25) is 5.91 Å². The molecule has 2 aliphatic heterocycles. The van der Waals surface area contributed by atoms with Crippen molar-refractivity contribution in [2.45, 2.75) is 32.0 Å². The molecule has 2 aliphatic rings. The van der Waals surface area contributed by atoms with Crippen molar-refractivity contribution < 1.29 is 18.0 Å². The number of aromatic nitrogens is 2. The number of likely N-dealkylation sites (tertiary alicyclic amines) is 1. The van der Waals surface area contributed by atoms with Crippen molar-refractivity contribution in [3.63, 3.8) is 0 Å². The van der Waals surface area contributed by atoms with Crippen molar-refractivity contribution in [3.8, 4) is 0 Å². The summed E-state index contributed by atoms with van der Waals surface area (Å²) in [6.45, 7) is 7.93. The molecule has 0 radical (unpaired) electrons. The van der Waals surface area contributed by atoms with E-state index in [0.717, 1.165) is 68.4 Å². The minimum Gasteiger partial charge on any atom is -0.355 e. The molecule has 0 aliphatic carbocycles. The fraction of sp³-hybridized carbons (Fsp3) is 0.400. The molecule has 0 saturated carbocycles. The molecule has 1 atom stereocenters. The molecule has 1 aromatic carbocycles. The number of hydrogen-bond donors (Lipinski definition) is 1. The molecule has 4 heterocycles. The van der Waals surface area contributed by atoms with Crippen molar-refractivity contribution in [3.05, 3.63) is 59.8 Å². The summed E-state index contributed by atoms with van der Waals surface area (Å²) < 4.78 is 38.7. The van der Waals surface area contributed by atoms with Gasteiger partial charge < -0.3 is 10.2 Å². The van der Waals surface area contributed by atoms with E-state index in [0.29, 0.717) is 10.2 Å². The number of nitrogens with one attached hydrogen (secondary N) is 1. The van der Waals surface area contributed by atoms with E-state index in [-0.39, 0.29) is 16.2 Å². The Balaban J connectivity index is 1.24. The van der Waals surface area contributed by atoms with Gasteiger partial charge in [-0.1, -0.05) is 18.7 Å². The third-order valence-corrected chi connectivity index (χ3v) is 7.85. The lowest BCUT2D eigenvalue weighted by Crippen LogP contribution is -2.31. The van der Waals surface area contributed by atoms with Crippen LogP contribution < -0.4 is 10.2 Å². The molecule has 2 saturated heterocycles. The molecule has 3 aromatic rings. The zero-order chi connectivity index (χ0) is 24.6. The zero-order valence-electron chi connectivity index (χ0n) is 19.1. The molecular formula is C25H26F3N5OS. The Hall–Kier alpha value is -2.98. The second kappa shape index (κ2) is 9.23. The molecule has 1 N–H and O–H groups in total. The Labute approximate surface area is 205 Å². The lowest BCUT2D eigenvalue weighted by molar-refractivity contribution is -0.126. The molecule has 5 rings (SSSR count). The normalized spacial score (nSPS) is 20.7. The zero-order valence-corrected chi connectivity index (χ0v) is 20.0. The van der Waals surface area contributed by atoms with E-state index >= 15 is 0 Å². The number of carbonyl (C=O) groups excluding carboxylic acids is 1. The molecule has 2 fully saturated rings. The molecule has 6 nitrogen and oxygen atoms in total. The third-order valence-electron chi connectivity index (χ3n) is 6.80. The van der Waals surface area contributed by atoms with Gasteiger partial charge in [-0.3, -0.25) is 9.69 Å². The number of thiophene rings is 1. The van der Waals surface area contributed by atoms with Gasteiger partial charge in [-0.05, 0) is 49.2 Å². The fourth-order valence-electron chi connectivity index (χ4n) is 5.19. The number of nitrogens with zero attached hydrogens (tertiary/aromatic N) is 4. The van der Waals surface area contributed by atoms with Gasteiger partial charge in [-0.25, -0.2) is 9.97 Å².